The van der Waals surface area contributed by atoms with E-state index in [0.29, 0.717) is 11.3 Å². The molecule has 26 heavy (non-hydrogen) atoms. The van der Waals surface area contributed by atoms with Crippen molar-refractivity contribution in [3.05, 3.63) is 64.7 Å². The van der Waals surface area contributed by atoms with Crippen LogP contribution in [0.4, 0.5) is 5.69 Å². The Labute approximate surface area is 156 Å². The number of benzene rings is 2. The summed E-state index contributed by atoms with van der Waals surface area (Å²) in [6.07, 6.45) is 1.93. The molecule has 6 heteroatoms. The molecule has 2 rings (SSSR count). The van der Waals surface area contributed by atoms with Crippen molar-refractivity contribution in [2.75, 3.05) is 23.7 Å². The van der Waals surface area contributed by atoms with E-state index in [2.05, 4.69) is 5.32 Å². The molecule has 0 spiro atoms. The molecule has 5 nitrogen and oxygen atoms in total. The Morgan fingerprint density at radius 2 is 1.69 bits per heavy atom. The molecule has 0 radical (unpaired) electrons. The smallest absolute Gasteiger partial charge is 0.251 e. The number of rotatable bonds is 7. The number of hydrogen-bond donors (Lipinski definition) is 1. The van der Waals surface area contributed by atoms with E-state index < -0.39 is 10.0 Å². The minimum absolute atomic E-state index is 0.189. The second-order valence-corrected chi connectivity index (χ2v) is 8.25. The van der Waals surface area contributed by atoms with Gasteiger partial charge in [-0.2, -0.15) is 0 Å². The van der Waals surface area contributed by atoms with E-state index in [1.807, 2.05) is 57.2 Å². The number of amides is 1. The van der Waals surface area contributed by atoms with Crippen molar-refractivity contribution < 1.29 is 13.2 Å². The monoisotopic (exact) mass is 374 g/mol. The highest BCUT2D eigenvalue weighted by molar-refractivity contribution is 7.92. The zero-order valence-electron chi connectivity index (χ0n) is 15.7. The highest BCUT2D eigenvalue weighted by atomic mass is 32.2. The zero-order valence-corrected chi connectivity index (χ0v) is 16.6. The Morgan fingerprint density at radius 3 is 2.31 bits per heavy atom. The fourth-order valence-corrected chi connectivity index (χ4v) is 4.02. The highest BCUT2D eigenvalue weighted by Crippen LogP contribution is 2.27. The van der Waals surface area contributed by atoms with Gasteiger partial charge in [0.25, 0.3) is 5.91 Å². The maximum absolute atomic E-state index is 12.4. The lowest BCUT2D eigenvalue weighted by molar-refractivity contribution is 0.0954. The molecule has 0 aliphatic heterocycles. The van der Waals surface area contributed by atoms with Gasteiger partial charge >= 0.3 is 0 Å². The molecule has 140 valence electrons. The number of nitrogens with zero attached hydrogens (tertiary/aromatic N) is 1. The van der Waals surface area contributed by atoms with Gasteiger partial charge in [0.2, 0.25) is 10.0 Å². The molecule has 0 unspecified atom stereocenters. The van der Waals surface area contributed by atoms with E-state index in [-0.39, 0.29) is 19.0 Å². The lowest BCUT2D eigenvalue weighted by Gasteiger charge is -2.26. The van der Waals surface area contributed by atoms with Crippen LogP contribution in [0.1, 0.15) is 34.0 Å². The molecule has 0 aliphatic carbocycles. The quantitative estimate of drug-likeness (QED) is 0.810. The molecule has 0 bridgehead atoms. The molecule has 1 amide bonds. The molecule has 0 atom stereocenters. The number of anilines is 1. The van der Waals surface area contributed by atoms with E-state index in [4.69, 9.17) is 0 Å². The van der Waals surface area contributed by atoms with Crippen LogP contribution in [-0.2, 0) is 16.4 Å². The molecular weight excluding hydrogens is 348 g/mol. The van der Waals surface area contributed by atoms with Gasteiger partial charge in [-0.15, -0.1) is 0 Å². The van der Waals surface area contributed by atoms with Gasteiger partial charge in [-0.25, -0.2) is 8.42 Å². The molecule has 0 saturated heterocycles. The van der Waals surface area contributed by atoms with Gasteiger partial charge in [-0.3, -0.25) is 9.10 Å². The molecule has 2 aromatic carbocycles. The number of carbonyl (C=O) groups is 1. The number of sulfonamides is 1. The summed E-state index contributed by atoms with van der Waals surface area (Å²) in [6, 6.07) is 13.1. The lowest BCUT2D eigenvalue weighted by atomic mass is 10.1. The van der Waals surface area contributed by atoms with Crippen LogP contribution in [0.2, 0.25) is 0 Å². The molecule has 0 heterocycles. The van der Waals surface area contributed by atoms with Crippen molar-refractivity contribution in [3.63, 3.8) is 0 Å². The van der Waals surface area contributed by atoms with Gasteiger partial charge in [0, 0.05) is 12.1 Å². The van der Waals surface area contributed by atoms with E-state index in [9.17, 15) is 13.2 Å². The Balaban J connectivity index is 2.19. The van der Waals surface area contributed by atoms with Crippen molar-refractivity contribution in [1.29, 1.82) is 0 Å². The first kappa shape index (κ1) is 20.0. The Kier molecular flexibility index (Phi) is 6.42. The minimum atomic E-state index is -3.46. The summed E-state index contributed by atoms with van der Waals surface area (Å²) in [5.74, 6) is -0.197. The predicted molar refractivity (Wildman–Crippen MR) is 106 cm³/mol. The molecule has 2 aromatic rings. The fourth-order valence-electron chi connectivity index (χ4n) is 3.00. The Hall–Kier alpha value is -2.34. The van der Waals surface area contributed by atoms with Crippen molar-refractivity contribution in [1.82, 2.24) is 5.32 Å². The Bertz CT molecular complexity index is 892. The number of para-hydroxylation sites is 1. The summed E-state index contributed by atoms with van der Waals surface area (Å²) < 4.78 is 26.1. The van der Waals surface area contributed by atoms with E-state index >= 15 is 0 Å². The van der Waals surface area contributed by atoms with Crippen LogP contribution >= 0.6 is 0 Å². The second-order valence-electron chi connectivity index (χ2n) is 6.34. The van der Waals surface area contributed by atoms with Crippen LogP contribution in [0.3, 0.4) is 0 Å². The van der Waals surface area contributed by atoms with Crippen molar-refractivity contribution in [2.24, 2.45) is 0 Å². The average molecular weight is 375 g/mol. The standard InChI is InChI=1S/C20H26N2O3S/c1-5-17-11-8-10-16(3)19(17)22(26(4,24)25)14-13-21-20(23)18-12-7-6-9-15(18)2/h6-12H,5,13-14H2,1-4H3,(H,21,23). The molecule has 0 aliphatic rings. The van der Waals surface area contributed by atoms with E-state index in [1.165, 1.54) is 10.6 Å². The molecule has 0 fully saturated rings. The largest absolute Gasteiger partial charge is 0.350 e. The van der Waals surface area contributed by atoms with Crippen molar-refractivity contribution in [2.45, 2.75) is 27.2 Å². The normalized spacial score (nSPS) is 11.2. The van der Waals surface area contributed by atoms with Crippen molar-refractivity contribution in [3.8, 4) is 0 Å². The van der Waals surface area contributed by atoms with Gasteiger partial charge in [0.05, 0.1) is 18.5 Å². The van der Waals surface area contributed by atoms with Gasteiger partial charge in [0.15, 0.2) is 0 Å². The molecule has 0 aromatic heterocycles. The number of hydrogen-bond acceptors (Lipinski definition) is 3. The summed E-state index contributed by atoms with van der Waals surface area (Å²) in [4.78, 5) is 12.3. The topological polar surface area (TPSA) is 66.5 Å². The summed E-state index contributed by atoms with van der Waals surface area (Å²) in [5.41, 5.74) is 4.07. The van der Waals surface area contributed by atoms with Gasteiger partial charge in [-0.05, 0) is 43.0 Å². The molecule has 1 N–H and O–H groups in total. The first-order chi connectivity index (χ1) is 12.3. The van der Waals surface area contributed by atoms with Crippen LogP contribution in [0, 0.1) is 13.8 Å². The third-order valence-electron chi connectivity index (χ3n) is 4.34. The predicted octanol–water partition coefficient (Wildman–Crippen LogP) is 3.06. The third kappa shape index (κ3) is 4.64. The average Bonchev–Trinajstić information content (AvgIpc) is 2.58. The SMILES string of the molecule is CCc1cccc(C)c1N(CCNC(=O)c1ccccc1C)S(C)(=O)=O. The maximum Gasteiger partial charge on any atom is 0.251 e. The number of carbonyl (C=O) groups excluding carboxylic acids is 1. The maximum atomic E-state index is 12.4. The van der Waals surface area contributed by atoms with Crippen LogP contribution in [-0.4, -0.2) is 33.7 Å². The van der Waals surface area contributed by atoms with Gasteiger partial charge in [-0.1, -0.05) is 43.3 Å². The van der Waals surface area contributed by atoms with Crippen LogP contribution in [0.25, 0.3) is 0 Å². The molecular formula is C20H26N2O3S. The summed E-state index contributed by atoms with van der Waals surface area (Å²) in [7, 11) is -3.46. The zero-order chi connectivity index (χ0) is 19.3. The number of nitrogens with one attached hydrogen (secondary N) is 1. The first-order valence-corrected chi connectivity index (χ1v) is 10.5. The third-order valence-corrected chi connectivity index (χ3v) is 5.51. The molecule has 0 saturated carbocycles. The lowest BCUT2D eigenvalue weighted by Crippen LogP contribution is -2.39. The first-order valence-electron chi connectivity index (χ1n) is 8.65. The summed E-state index contributed by atoms with van der Waals surface area (Å²) in [5, 5.41) is 2.82. The Morgan fingerprint density at radius 1 is 1.04 bits per heavy atom. The summed E-state index contributed by atoms with van der Waals surface area (Å²) >= 11 is 0. The fraction of sp³-hybridized carbons (Fsp3) is 0.350. The van der Waals surface area contributed by atoms with Crippen molar-refractivity contribution >= 4 is 21.6 Å². The second kappa shape index (κ2) is 8.36. The summed E-state index contributed by atoms with van der Waals surface area (Å²) in [6.45, 7) is 6.20. The van der Waals surface area contributed by atoms with E-state index in [1.54, 1.807) is 6.07 Å². The van der Waals surface area contributed by atoms with E-state index in [0.717, 1.165) is 23.1 Å². The van der Waals surface area contributed by atoms with Crippen LogP contribution < -0.4 is 9.62 Å². The minimum Gasteiger partial charge on any atom is -0.350 e. The van der Waals surface area contributed by atoms with Crippen LogP contribution in [0.5, 0.6) is 0 Å². The highest BCUT2D eigenvalue weighted by Gasteiger charge is 2.21. The van der Waals surface area contributed by atoms with Gasteiger partial charge < -0.3 is 5.32 Å². The number of aryl methyl sites for hydroxylation is 3. The van der Waals surface area contributed by atoms with Gasteiger partial charge in [0.1, 0.15) is 0 Å². The van der Waals surface area contributed by atoms with Crippen LogP contribution in [0.15, 0.2) is 42.5 Å².